The van der Waals surface area contributed by atoms with Crippen molar-refractivity contribution in [2.45, 2.75) is 33.7 Å². The van der Waals surface area contributed by atoms with Gasteiger partial charge in [0.15, 0.2) is 0 Å². The van der Waals surface area contributed by atoms with Crippen LogP contribution in [0.1, 0.15) is 56.2 Å². The van der Waals surface area contributed by atoms with Crippen molar-refractivity contribution in [2.75, 3.05) is 14.2 Å². The van der Waals surface area contributed by atoms with Crippen molar-refractivity contribution in [3.8, 4) is 0 Å². The third kappa shape index (κ3) is 3.20. The van der Waals surface area contributed by atoms with Crippen LogP contribution in [0.2, 0.25) is 0 Å². The van der Waals surface area contributed by atoms with E-state index in [9.17, 15) is 9.59 Å². The van der Waals surface area contributed by atoms with Crippen LogP contribution in [-0.2, 0) is 4.74 Å². The molecule has 0 saturated heterocycles. The smallest absolute Gasteiger partial charge is 0.339 e. The molecule has 0 fully saturated rings. The molecule has 0 saturated carbocycles. The number of nitrogens with one attached hydrogen (secondary N) is 1. The van der Waals surface area contributed by atoms with Gasteiger partial charge in [-0.1, -0.05) is 29.8 Å². The van der Waals surface area contributed by atoms with Crippen molar-refractivity contribution in [3.05, 3.63) is 57.9 Å². The highest BCUT2D eigenvalue weighted by molar-refractivity contribution is 6.00. The third-order valence-corrected chi connectivity index (χ3v) is 4.50. The Labute approximate surface area is 142 Å². The summed E-state index contributed by atoms with van der Waals surface area (Å²) in [6, 6.07) is 8.03. The third-order valence-electron chi connectivity index (χ3n) is 4.50. The number of H-pyrrole nitrogens is 1. The summed E-state index contributed by atoms with van der Waals surface area (Å²) in [5.41, 5.74) is 4.35. The number of amides is 1. The number of hydrogen-bond donors (Lipinski definition) is 1. The number of nitrogens with zero attached hydrogens (tertiary/aromatic N) is 1. The molecule has 0 aliphatic carbocycles. The molecule has 1 heterocycles. The zero-order valence-corrected chi connectivity index (χ0v) is 15.1. The van der Waals surface area contributed by atoms with E-state index in [4.69, 9.17) is 4.74 Å². The highest BCUT2D eigenvalue weighted by Crippen LogP contribution is 2.24. The van der Waals surface area contributed by atoms with E-state index < -0.39 is 5.97 Å². The Bertz CT molecular complexity index is 760. The van der Waals surface area contributed by atoms with Gasteiger partial charge in [-0.15, -0.1) is 0 Å². The predicted molar refractivity (Wildman–Crippen MR) is 93.3 cm³/mol. The Morgan fingerprint density at radius 2 is 1.71 bits per heavy atom. The highest BCUT2D eigenvalue weighted by atomic mass is 16.5. The lowest BCUT2D eigenvalue weighted by molar-refractivity contribution is 0.0599. The second-order valence-corrected chi connectivity index (χ2v) is 6.12. The van der Waals surface area contributed by atoms with Crippen LogP contribution in [0.5, 0.6) is 0 Å². The molecule has 1 aromatic carbocycles. The quantitative estimate of drug-likeness (QED) is 0.873. The van der Waals surface area contributed by atoms with Gasteiger partial charge in [-0.2, -0.15) is 0 Å². The van der Waals surface area contributed by atoms with Gasteiger partial charge >= 0.3 is 5.97 Å². The van der Waals surface area contributed by atoms with Crippen LogP contribution < -0.4 is 0 Å². The standard InChI is InChI=1S/C19H24N2O3/c1-11-7-9-15(10-8-11)14(4)21(5)18(22)17-12(2)16(13(3)20-17)19(23)24-6/h7-10,14,20H,1-6H3. The van der Waals surface area contributed by atoms with Gasteiger partial charge in [-0.3, -0.25) is 4.79 Å². The molecule has 1 N–H and O–H groups in total. The Balaban J connectivity index is 2.31. The molecule has 0 aliphatic rings. The van der Waals surface area contributed by atoms with Crippen LogP contribution in [0.15, 0.2) is 24.3 Å². The van der Waals surface area contributed by atoms with Crippen molar-refractivity contribution in [2.24, 2.45) is 0 Å². The lowest BCUT2D eigenvalue weighted by atomic mass is 10.0. The van der Waals surface area contributed by atoms with Crippen molar-refractivity contribution in [3.63, 3.8) is 0 Å². The first-order valence-electron chi connectivity index (χ1n) is 7.89. The van der Waals surface area contributed by atoms with Gasteiger partial charge in [-0.05, 0) is 38.8 Å². The molecular weight excluding hydrogens is 304 g/mol. The van der Waals surface area contributed by atoms with E-state index >= 15 is 0 Å². The van der Waals surface area contributed by atoms with Gasteiger partial charge in [0.1, 0.15) is 5.69 Å². The van der Waals surface area contributed by atoms with Gasteiger partial charge in [0.25, 0.3) is 5.91 Å². The molecule has 0 spiro atoms. The molecule has 1 atom stereocenters. The van der Waals surface area contributed by atoms with Crippen molar-refractivity contribution < 1.29 is 14.3 Å². The van der Waals surface area contributed by atoms with E-state index in [-0.39, 0.29) is 11.9 Å². The maximum absolute atomic E-state index is 12.9. The van der Waals surface area contributed by atoms with Crippen molar-refractivity contribution in [1.82, 2.24) is 9.88 Å². The predicted octanol–water partition coefficient (Wildman–Crippen LogP) is 3.56. The lowest BCUT2D eigenvalue weighted by Gasteiger charge is -2.25. The largest absolute Gasteiger partial charge is 0.465 e. The van der Waals surface area contributed by atoms with E-state index in [1.165, 1.54) is 12.7 Å². The van der Waals surface area contributed by atoms with Crippen LogP contribution in [0, 0.1) is 20.8 Å². The summed E-state index contributed by atoms with van der Waals surface area (Å²) in [5, 5.41) is 0. The monoisotopic (exact) mass is 328 g/mol. The number of carbonyl (C=O) groups excluding carboxylic acids is 2. The fourth-order valence-electron chi connectivity index (χ4n) is 2.79. The fourth-order valence-corrected chi connectivity index (χ4v) is 2.79. The van der Waals surface area contributed by atoms with E-state index in [1.807, 2.05) is 38.1 Å². The summed E-state index contributed by atoms with van der Waals surface area (Å²) in [6.45, 7) is 7.53. The van der Waals surface area contributed by atoms with Crippen LogP contribution in [0.4, 0.5) is 0 Å². The second kappa shape index (κ2) is 6.91. The number of aryl methyl sites for hydroxylation is 2. The first kappa shape index (κ1) is 17.8. The first-order chi connectivity index (χ1) is 11.3. The molecule has 0 radical (unpaired) electrons. The topological polar surface area (TPSA) is 62.4 Å². The van der Waals surface area contributed by atoms with Gasteiger partial charge < -0.3 is 14.6 Å². The average Bonchev–Trinajstić information content (AvgIpc) is 2.87. The fraction of sp³-hybridized carbons (Fsp3) is 0.368. The number of methoxy groups -OCH3 is 1. The Morgan fingerprint density at radius 1 is 1.12 bits per heavy atom. The first-order valence-corrected chi connectivity index (χ1v) is 7.89. The molecule has 1 amide bonds. The summed E-state index contributed by atoms with van der Waals surface area (Å²) in [4.78, 5) is 29.5. The molecule has 5 nitrogen and oxygen atoms in total. The second-order valence-electron chi connectivity index (χ2n) is 6.12. The molecule has 1 unspecified atom stereocenters. The van der Waals surface area contributed by atoms with Crippen LogP contribution in [0.25, 0.3) is 0 Å². The normalized spacial score (nSPS) is 11.9. The number of rotatable bonds is 4. The zero-order chi connectivity index (χ0) is 18.0. The van der Waals surface area contributed by atoms with E-state index in [0.717, 1.165) is 5.56 Å². The summed E-state index contributed by atoms with van der Waals surface area (Å²) < 4.78 is 4.80. The highest BCUT2D eigenvalue weighted by Gasteiger charge is 2.26. The number of hydrogen-bond acceptors (Lipinski definition) is 3. The number of carbonyl (C=O) groups is 2. The van der Waals surface area contributed by atoms with Gasteiger partial charge in [0.2, 0.25) is 0 Å². The Hall–Kier alpha value is -2.56. The molecule has 0 bridgehead atoms. The SMILES string of the molecule is COC(=O)c1c(C)[nH]c(C(=O)N(C)C(C)c2ccc(C)cc2)c1C. The molecule has 24 heavy (non-hydrogen) atoms. The van der Waals surface area contributed by atoms with E-state index in [0.29, 0.717) is 22.5 Å². The summed E-state index contributed by atoms with van der Waals surface area (Å²) >= 11 is 0. The summed E-state index contributed by atoms with van der Waals surface area (Å²) in [6.07, 6.45) is 0. The van der Waals surface area contributed by atoms with E-state index in [2.05, 4.69) is 4.98 Å². The molecule has 0 aliphatic heterocycles. The lowest BCUT2D eigenvalue weighted by Crippen LogP contribution is -2.30. The molecular formula is C19H24N2O3. The molecule has 1 aromatic heterocycles. The minimum atomic E-state index is -0.436. The number of benzene rings is 1. The maximum Gasteiger partial charge on any atom is 0.339 e. The molecule has 2 aromatic rings. The minimum absolute atomic E-state index is 0.0808. The number of ether oxygens (including phenoxy) is 1. The number of aromatic amines is 1. The zero-order valence-electron chi connectivity index (χ0n) is 15.1. The molecule has 2 rings (SSSR count). The number of esters is 1. The van der Waals surface area contributed by atoms with Gasteiger partial charge in [0, 0.05) is 12.7 Å². The van der Waals surface area contributed by atoms with Crippen LogP contribution in [-0.4, -0.2) is 35.9 Å². The van der Waals surface area contributed by atoms with Crippen molar-refractivity contribution in [1.29, 1.82) is 0 Å². The minimum Gasteiger partial charge on any atom is -0.465 e. The Kier molecular flexibility index (Phi) is 5.12. The molecule has 128 valence electrons. The molecule has 5 heteroatoms. The summed E-state index contributed by atoms with van der Waals surface area (Å²) in [5.74, 6) is -0.589. The summed E-state index contributed by atoms with van der Waals surface area (Å²) in [7, 11) is 3.10. The number of aromatic nitrogens is 1. The van der Waals surface area contributed by atoms with E-state index in [1.54, 1.807) is 25.8 Å². The Morgan fingerprint density at radius 3 is 2.25 bits per heavy atom. The average molecular weight is 328 g/mol. The van der Waals surface area contributed by atoms with Gasteiger partial charge in [0.05, 0.1) is 18.7 Å². The van der Waals surface area contributed by atoms with Gasteiger partial charge in [-0.25, -0.2) is 4.79 Å². The van der Waals surface area contributed by atoms with Crippen LogP contribution in [0.3, 0.4) is 0 Å². The van der Waals surface area contributed by atoms with Crippen LogP contribution >= 0.6 is 0 Å². The maximum atomic E-state index is 12.9. The van der Waals surface area contributed by atoms with Crippen molar-refractivity contribution >= 4 is 11.9 Å².